The van der Waals surface area contributed by atoms with Crippen molar-refractivity contribution in [2.45, 2.75) is 0 Å². The third-order valence-electron chi connectivity index (χ3n) is 2.59. The largest absolute Gasteiger partial charge is 0.452 e. The Morgan fingerprint density at radius 1 is 1.00 bits per heavy atom. The van der Waals surface area contributed by atoms with Gasteiger partial charge in [-0.1, -0.05) is 6.07 Å². The molecule has 0 aliphatic rings. The molecule has 0 aliphatic heterocycles. The number of benzene rings is 2. The van der Waals surface area contributed by atoms with E-state index >= 15 is 0 Å². The van der Waals surface area contributed by atoms with Crippen molar-refractivity contribution in [3.63, 3.8) is 0 Å². The number of esters is 1. The molecule has 0 atom stereocenters. The highest BCUT2D eigenvalue weighted by Gasteiger charge is 2.16. The number of nitrogens with one attached hydrogen (secondary N) is 1. The van der Waals surface area contributed by atoms with Crippen LogP contribution in [0.2, 0.25) is 0 Å². The lowest BCUT2D eigenvalue weighted by atomic mass is 10.2. The third-order valence-corrected chi connectivity index (χ3v) is 2.59. The van der Waals surface area contributed by atoms with Gasteiger partial charge in [0.2, 0.25) is 0 Å². The molecule has 0 aromatic heterocycles. The summed E-state index contributed by atoms with van der Waals surface area (Å²) in [5.74, 6) is -4.23. The Morgan fingerprint density at radius 3 is 2.45 bits per heavy atom. The first-order chi connectivity index (χ1) is 10.5. The second kappa shape index (κ2) is 6.75. The van der Waals surface area contributed by atoms with Gasteiger partial charge in [-0.2, -0.15) is 0 Å². The molecule has 1 amide bonds. The van der Waals surface area contributed by atoms with Gasteiger partial charge >= 0.3 is 5.97 Å². The average Bonchev–Trinajstić information content (AvgIpc) is 2.47. The molecule has 7 heteroatoms. The van der Waals surface area contributed by atoms with Crippen molar-refractivity contribution < 1.29 is 27.5 Å². The van der Waals surface area contributed by atoms with Crippen molar-refractivity contribution in [3.8, 4) is 0 Å². The minimum absolute atomic E-state index is 0.179. The lowest BCUT2D eigenvalue weighted by molar-refractivity contribution is -0.119. The zero-order valence-electron chi connectivity index (χ0n) is 11.1. The fraction of sp³-hybridized carbons (Fsp3) is 0.0667. The van der Waals surface area contributed by atoms with Crippen LogP contribution in [-0.2, 0) is 9.53 Å². The molecule has 0 heterocycles. The second-order valence-electron chi connectivity index (χ2n) is 4.26. The molecule has 2 aromatic rings. The van der Waals surface area contributed by atoms with Crippen LogP contribution in [0, 0.1) is 17.5 Å². The Hall–Kier alpha value is -2.83. The minimum Gasteiger partial charge on any atom is -0.452 e. The molecule has 0 aliphatic carbocycles. The molecule has 4 nitrogen and oxygen atoms in total. The van der Waals surface area contributed by atoms with E-state index in [-0.39, 0.29) is 5.69 Å². The van der Waals surface area contributed by atoms with Crippen LogP contribution in [0.3, 0.4) is 0 Å². The van der Waals surface area contributed by atoms with Crippen LogP contribution in [0.1, 0.15) is 10.4 Å². The van der Waals surface area contributed by atoms with E-state index in [1.165, 1.54) is 18.2 Å². The summed E-state index contributed by atoms with van der Waals surface area (Å²) in [7, 11) is 0. The summed E-state index contributed by atoms with van der Waals surface area (Å²) in [5.41, 5.74) is -0.434. The fourth-order valence-electron chi connectivity index (χ4n) is 1.63. The summed E-state index contributed by atoms with van der Waals surface area (Å²) in [6, 6.07) is 7.39. The number of anilines is 1. The summed E-state index contributed by atoms with van der Waals surface area (Å²) in [6.45, 7) is -0.717. The zero-order valence-corrected chi connectivity index (χ0v) is 11.1. The molecule has 0 bridgehead atoms. The van der Waals surface area contributed by atoms with Crippen LogP contribution in [0.15, 0.2) is 42.5 Å². The molecular weight excluding hydrogens is 299 g/mol. The van der Waals surface area contributed by atoms with E-state index in [1.807, 2.05) is 0 Å². The van der Waals surface area contributed by atoms with Gasteiger partial charge in [0.1, 0.15) is 17.5 Å². The highest BCUT2D eigenvalue weighted by molar-refractivity contribution is 5.95. The number of carbonyl (C=O) groups is 2. The van der Waals surface area contributed by atoms with Gasteiger partial charge in [0.15, 0.2) is 6.61 Å². The SMILES string of the molecule is O=C(COC(=O)c1cc(F)ccc1F)Nc1cccc(F)c1. The first kappa shape index (κ1) is 15.6. The molecule has 22 heavy (non-hydrogen) atoms. The van der Waals surface area contributed by atoms with Crippen LogP contribution in [0.25, 0.3) is 0 Å². The third kappa shape index (κ3) is 4.08. The minimum atomic E-state index is -1.17. The van der Waals surface area contributed by atoms with E-state index in [0.29, 0.717) is 6.07 Å². The molecule has 0 saturated carbocycles. The number of rotatable bonds is 4. The Bertz CT molecular complexity index is 719. The number of halogens is 3. The number of hydrogen-bond acceptors (Lipinski definition) is 3. The smallest absolute Gasteiger partial charge is 0.341 e. The van der Waals surface area contributed by atoms with E-state index in [0.717, 1.165) is 18.2 Å². The average molecular weight is 309 g/mol. The molecule has 0 saturated heterocycles. The van der Waals surface area contributed by atoms with Gasteiger partial charge in [0.25, 0.3) is 5.91 Å². The predicted molar refractivity (Wildman–Crippen MR) is 71.7 cm³/mol. The molecule has 114 valence electrons. The van der Waals surface area contributed by atoms with Crippen molar-refractivity contribution in [2.24, 2.45) is 0 Å². The number of ether oxygens (including phenoxy) is 1. The van der Waals surface area contributed by atoms with Gasteiger partial charge in [0, 0.05) is 5.69 Å². The topological polar surface area (TPSA) is 55.4 Å². The number of amides is 1. The van der Waals surface area contributed by atoms with Crippen molar-refractivity contribution in [1.82, 2.24) is 0 Å². The highest BCUT2D eigenvalue weighted by atomic mass is 19.1. The molecule has 0 spiro atoms. The quantitative estimate of drug-likeness (QED) is 0.884. The fourth-order valence-corrected chi connectivity index (χ4v) is 1.63. The Morgan fingerprint density at radius 2 is 1.73 bits per heavy atom. The first-order valence-corrected chi connectivity index (χ1v) is 6.13. The monoisotopic (exact) mass is 309 g/mol. The summed E-state index contributed by atoms with van der Waals surface area (Å²) in [5, 5.41) is 2.29. The van der Waals surface area contributed by atoms with Gasteiger partial charge < -0.3 is 10.1 Å². The van der Waals surface area contributed by atoms with Gasteiger partial charge in [-0.3, -0.25) is 4.79 Å². The summed E-state index contributed by atoms with van der Waals surface area (Å²) >= 11 is 0. The van der Waals surface area contributed by atoms with Crippen LogP contribution in [0.5, 0.6) is 0 Å². The van der Waals surface area contributed by atoms with E-state index in [9.17, 15) is 22.8 Å². The van der Waals surface area contributed by atoms with Crippen LogP contribution in [-0.4, -0.2) is 18.5 Å². The van der Waals surface area contributed by atoms with Crippen molar-refractivity contribution in [2.75, 3.05) is 11.9 Å². The zero-order chi connectivity index (χ0) is 16.1. The van der Waals surface area contributed by atoms with Crippen LogP contribution < -0.4 is 5.32 Å². The summed E-state index contributed by atoms with van der Waals surface area (Å²) in [4.78, 5) is 23.1. The molecule has 2 rings (SSSR count). The molecule has 0 fully saturated rings. The molecule has 0 radical (unpaired) electrons. The molecule has 1 N–H and O–H groups in total. The second-order valence-corrected chi connectivity index (χ2v) is 4.26. The maximum absolute atomic E-state index is 13.3. The first-order valence-electron chi connectivity index (χ1n) is 6.13. The van der Waals surface area contributed by atoms with E-state index in [2.05, 4.69) is 10.1 Å². The van der Waals surface area contributed by atoms with Crippen LogP contribution in [0.4, 0.5) is 18.9 Å². The van der Waals surface area contributed by atoms with E-state index < -0.39 is 41.5 Å². The molecular formula is C15H10F3NO3. The van der Waals surface area contributed by atoms with Gasteiger partial charge in [0.05, 0.1) is 5.56 Å². The van der Waals surface area contributed by atoms with Gasteiger partial charge in [-0.15, -0.1) is 0 Å². The van der Waals surface area contributed by atoms with Crippen LogP contribution >= 0.6 is 0 Å². The Balaban J connectivity index is 1.93. The lowest BCUT2D eigenvalue weighted by Crippen LogP contribution is -2.21. The van der Waals surface area contributed by atoms with E-state index in [4.69, 9.17) is 0 Å². The van der Waals surface area contributed by atoms with Crippen molar-refractivity contribution in [1.29, 1.82) is 0 Å². The van der Waals surface area contributed by atoms with Gasteiger partial charge in [-0.05, 0) is 36.4 Å². The standard InChI is InChI=1S/C15H10F3NO3/c16-9-2-1-3-11(6-9)19-14(20)8-22-15(21)12-7-10(17)4-5-13(12)18/h1-7H,8H2,(H,19,20). The number of hydrogen-bond donors (Lipinski definition) is 1. The Kier molecular flexibility index (Phi) is 4.77. The molecule has 0 unspecified atom stereocenters. The summed E-state index contributed by atoms with van der Waals surface area (Å²) < 4.78 is 43.8. The molecule has 2 aromatic carbocycles. The normalized spacial score (nSPS) is 10.1. The maximum atomic E-state index is 13.3. The Labute approximate surface area is 123 Å². The predicted octanol–water partition coefficient (Wildman–Crippen LogP) is 2.90. The highest BCUT2D eigenvalue weighted by Crippen LogP contribution is 2.12. The number of carbonyl (C=O) groups excluding carboxylic acids is 2. The van der Waals surface area contributed by atoms with Crippen molar-refractivity contribution >= 4 is 17.6 Å². The lowest BCUT2D eigenvalue weighted by Gasteiger charge is -2.07. The van der Waals surface area contributed by atoms with Gasteiger partial charge in [-0.25, -0.2) is 18.0 Å². The maximum Gasteiger partial charge on any atom is 0.341 e. The van der Waals surface area contributed by atoms with Crippen molar-refractivity contribution in [3.05, 3.63) is 65.5 Å². The summed E-state index contributed by atoms with van der Waals surface area (Å²) in [6.07, 6.45) is 0. The van der Waals surface area contributed by atoms with E-state index in [1.54, 1.807) is 0 Å².